The Hall–Kier alpha value is -3.98. The average Bonchev–Trinajstić information content (AvgIpc) is 4.25. The van der Waals surface area contributed by atoms with Crippen LogP contribution in [0.5, 0.6) is 0 Å². The lowest BCUT2D eigenvalue weighted by molar-refractivity contribution is -0.172. The molecule has 5 aliphatic rings. The summed E-state index contributed by atoms with van der Waals surface area (Å²) < 4.78 is 61.2. The maximum absolute atomic E-state index is 15.6. The second-order valence-corrected chi connectivity index (χ2v) is 30.4. The van der Waals surface area contributed by atoms with Crippen LogP contribution in [0.1, 0.15) is 151 Å². The van der Waals surface area contributed by atoms with E-state index in [2.05, 4.69) is 0 Å². The Morgan fingerprint density at radius 1 is 0.587 bits per heavy atom. The number of rotatable bonds is 17. The quantitative estimate of drug-likeness (QED) is 0.0743. The number of hydrogen-bond donors (Lipinski definition) is 0. The van der Waals surface area contributed by atoms with Gasteiger partial charge in [-0.1, -0.05) is 115 Å². The van der Waals surface area contributed by atoms with Gasteiger partial charge in [-0.25, -0.2) is 16.8 Å². The maximum Gasteiger partial charge on any atom is 0.314 e. The SMILES string of the molecule is CC1(CC(=O)OC(=O)CC2(C)CC(c3cccc(Cl)c3)C(c3ccc(Cl)cc3)N(C(CS(=O)(=O)C(C)(C)C)C3CC3)C2=O)CC(c2cccc(Cl)c2)C(c2ccc(Cl)cc2)N(C(CS(=O)(=O)C2CCC2)C2CC2)C1=O. The van der Waals surface area contributed by atoms with Crippen LogP contribution in [0.2, 0.25) is 20.1 Å². The first-order valence-corrected chi connectivity index (χ1v) is 31.0. The fourth-order valence-electron chi connectivity index (χ4n) is 12.1. The molecule has 2 heterocycles. The number of halogens is 4. The van der Waals surface area contributed by atoms with Gasteiger partial charge in [-0.3, -0.25) is 19.2 Å². The molecule has 2 amide bonds. The number of piperidine rings is 2. The summed E-state index contributed by atoms with van der Waals surface area (Å²) in [4.78, 5) is 63.8. The first kappa shape index (κ1) is 55.8. The van der Waals surface area contributed by atoms with Crippen LogP contribution in [0.4, 0.5) is 0 Å². The van der Waals surface area contributed by atoms with Crippen LogP contribution in [-0.2, 0) is 43.6 Å². The molecule has 75 heavy (non-hydrogen) atoms. The van der Waals surface area contributed by atoms with Crippen LogP contribution in [0.15, 0.2) is 97.1 Å². The summed E-state index contributed by atoms with van der Waals surface area (Å²) in [6.45, 7) is 8.28. The highest BCUT2D eigenvalue weighted by atomic mass is 35.5. The summed E-state index contributed by atoms with van der Waals surface area (Å²) in [6, 6.07) is 26.1. The maximum atomic E-state index is 15.6. The standard InChI is InChI=1S/C58H66Cl4N2O9S2/c1-56(2,3)75(71,72)34-49(36-17-18-36)64-53(38-21-25-42(60)26-22-38)47(40-10-7-12-44(62)28-40)30-58(5,55(64)68)32-51(66)73-50(65)31-57(4)29-46(39-9-6-11-43(61)27-39)52(37-19-23-41(59)24-20-37)63(54(57)67)48(35-15-16-35)33-74(69,70)45-13-8-14-45/h6-7,9-12,19-28,35-36,45-49,52-53H,8,13-18,29-34H2,1-5H3. The third-order valence-electron chi connectivity index (χ3n) is 16.8. The van der Waals surface area contributed by atoms with Crippen LogP contribution >= 0.6 is 46.4 Å². The zero-order valence-electron chi connectivity index (χ0n) is 43.0. The van der Waals surface area contributed by atoms with E-state index < -0.39 is 113 Å². The molecule has 8 unspecified atom stereocenters. The number of sulfone groups is 2. The van der Waals surface area contributed by atoms with Gasteiger partial charge in [-0.05, 0) is 155 Å². The number of hydrogen-bond acceptors (Lipinski definition) is 9. The molecule has 3 aliphatic carbocycles. The van der Waals surface area contributed by atoms with Crippen molar-refractivity contribution in [3.63, 3.8) is 0 Å². The molecule has 3 saturated carbocycles. The third kappa shape index (κ3) is 11.9. The van der Waals surface area contributed by atoms with Crippen molar-refractivity contribution >= 4 is 89.8 Å². The Kier molecular flexibility index (Phi) is 15.9. The second kappa shape index (κ2) is 21.3. The summed E-state index contributed by atoms with van der Waals surface area (Å²) in [7, 11) is -7.41. The minimum Gasteiger partial charge on any atom is -0.393 e. The number of nitrogens with zero attached hydrogens (tertiary/aromatic N) is 2. The van der Waals surface area contributed by atoms with Crippen LogP contribution < -0.4 is 0 Å². The lowest BCUT2D eigenvalue weighted by atomic mass is 9.66. The fraction of sp³-hybridized carbons (Fsp3) is 0.517. The number of ether oxygens (including phenoxy) is 1. The number of amides is 2. The molecule has 0 N–H and O–H groups in total. The first-order valence-electron chi connectivity index (χ1n) is 26.1. The summed E-state index contributed by atoms with van der Waals surface area (Å²) in [5.41, 5.74) is 0.0222. The number of carbonyl (C=O) groups excluding carboxylic acids is 4. The lowest BCUT2D eigenvalue weighted by Gasteiger charge is -2.52. The van der Waals surface area contributed by atoms with Gasteiger partial charge in [0, 0.05) is 44.0 Å². The van der Waals surface area contributed by atoms with E-state index in [1.165, 1.54) is 0 Å². The molecule has 2 saturated heterocycles. The van der Waals surface area contributed by atoms with Crippen molar-refractivity contribution in [2.24, 2.45) is 22.7 Å². The van der Waals surface area contributed by atoms with Gasteiger partial charge in [-0.15, -0.1) is 0 Å². The molecular weight excluding hydrogens is 1070 g/mol. The van der Waals surface area contributed by atoms with Crippen molar-refractivity contribution in [1.82, 2.24) is 9.80 Å². The van der Waals surface area contributed by atoms with Gasteiger partial charge >= 0.3 is 11.9 Å². The molecule has 0 radical (unpaired) electrons. The minimum absolute atomic E-state index is 0.0917. The molecule has 9 rings (SSSR count). The van der Waals surface area contributed by atoms with Crippen molar-refractivity contribution in [2.45, 2.75) is 151 Å². The smallest absolute Gasteiger partial charge is 0.314 e. The fourth-order valence-corrected chi connectivity index (χ4v) is 16.4. The number of likely N-dealkylation sites (tertiary alicyclic amines) is 2. The molecule has 0 bridgehead atoms. The summed E-state index contributed by atoms with van der Waals surface area (Å²) in [6.07, 6.45) is 4.02. The summed E-state index contributed by atoms with van der Waals surface area (Å²) >= 11 is 26.2. The minimum atomic E-state index is -3.79. The first-order chi connectivity index (χ1) is 35.3. The van der Waals surface area contributed by atoms with Crippen molar-refractivity contribution in [1.29, 1.82) is 0 Å². The average molecular weight is 1140 g/mol. The van der Waals surface area contributed by atoms with E-state index in [-0.39, 0.29) is 36.2 Å². The molecule has 17 heteroatoms. The van der Waals surface area contributed by atoms with Gasteiger partial charge in [0.1, 0.15) is 0 Å². The molecule has 11 nitrogen and oxygen atoms in total. The second-order valence-electron chi connectivity index (χ2n) is 23.6. The molecule has 2 aliphatic heterocycles. The van der Waals surface area contributed by atoms with Crippen LogP contribution in [0.25, 0.3) is 0 Å². The Balaban J connectivity index is 1.06. The Labute approximate surface area is 462 Å². The number of benzene rings is 4. The van der Waals surface area contributed by atoms with E-state index in [1.54, 1.807) is 80.8 Å². The Morgan fingerprint density at radius 2 is 0.987 bits per heavy atom. The lowest BCUT2D eigenvalue weighted by Crippen LogP contribution is -2.59. The highest BCUT2D eigenvalue weighted by Gasteiger charge is 2.58. The van der Waals surface area contributed by atoms with E-state index in [0.717, 1.165) is 41.5 Å². The van der Waals surface area contributed by atoms with Crippen LogP contribution in [0, 0.1) is 22.7 Å². The molecule has 4 aromatic rings. The van der Waals surface area contributed by atoms with Gasteiger partial charge in [0.15, 0.2) is 19.7 Å². The van der Waals surface area contributed by atoms with Crippen molar-refractivity contribution in [2.75, 3.05) is 11.5 Å². The predicted molar refractivity (Wildman–Crippen MR) is 294 cm³/mol. The van der Waals surface area contributed by atoms with Crippen molar-refractivity contribution in [3.05, 3.63) is 139 Å². The highest BCUT2D eigenvalue weighted by molar-refractivity contribution is 7.92. The molecule has 5 fully saturated rings. The van der Waals surface area contributed by atoms with Gasteiger partial charge in [0.05, 0.1) is 57.3 Å². The normalized spacial score (nSPS) is 26.6. The predicted octanol–water partition coefficient (Wildman–Crippen LogP) is 12.7. The van der Waals surface area contributed by atoms with Crippen LogP contribution in [-0.4, -0.2) is 84.0 Å². The molecule has 8 atom stereocenters. The van der Waals surface area contributed by atoms with E-state index in [9.17, 15) is 26.4 Å². The molecule has 0 spiro atoms. The van der Waals surface area contributed by atoms with Gasteiger partial charge < -0.3 is 14.5 Å². The van der Waals surface area contributed by atoms with E-state index >= 15 is 9.59 Å². The Bertz CT molecular complexity index is 3070. The van der Waals surface area contributed by atoms with Crippen LogP contribution in [0.3, 0.4) is 0 Å². The van der Waals surface area contributed by atoms with E-state index in [0.29, 0.717) is 45.8 Å². The summed E-state index contributed by atoms with van der Waals surface area (Å²) in [5, 5.41) is 1.41. The molecule has 402 valence electrons. The zero-order chi connectivity index (χ0) is 54.0. The van der Waals surface area contributed by atoms with Gasteiger partial charge in [0.25, 0.3) is 0 Å². The molecule has 0 aromatic heterocycles. The number of carbonyl (C=O) groups is 4. The van der Waals surface area contributed by atoms with Crippen molar-refractivity contribution in [3.8, 4) is 0 Å². The molecular formula is C58H66Cl4N2O9S2. The summed E-state index contributed by atoms with van der Waals surface area (Å²) in [5.74, 6) is -4.57. The number of esters is 2. The van der Waals surface area contributed by atoms with Gasteiger partial charge in [0.2, 0.25) is 11.8 Å². The topological polar surface area (TPSA) is 152 Å². The monoisotopic (exact) mass is 1140 g/mol. The highest BCUT2D eigenvalue weighted by Crippen LogP contribution is 2.57. The van der Waals surface area contributed by atoms with E-state index in [1.807, 2.05) is 60.7 Å². The zero-order valence-corrected chi connectivity index (χ0v) is 47.7. The van der Waals surface area contributed by atoms with Crippen molar-refractivity contribution < 1.29 is 40.8 Å². The Morgan fingerprint density at radius 3 is 1.33 bits per heavy atom. The van der Waals surface area contributed by atoms with E-state index in [4.69, 9.17) is 51.1 Å². The third-order valence-corrected chi connectivity index (χ3v) is 22.7. The largest absolute Gasteiger partial charge is 0.393 e. The van der Waals surface area contributed by atoms with Gasteiger partial charge in [-0.2, -0.15) is 0 Å². The molecule has 4 aromatic carbocycles.